The number of hydrogen-bond acceptors (Lipinski definition) is 5. The van der Waals surface area contributed by atoms with Gasteiger partial charge in [0.05, 0.1) is 18.1 Å². The normalized spacial score (nSPS) is 23.9. The van der Waals surface area contributed by atoms with Crippen molar-refractivity contribution in [3.8, 4) is 0 Å². The van der Waals surface area contributed by atoms with Crippen LogP contribution in [0.3, 0.4) is 0 Å². The molecule has 3 rings (SSSR count). The van der Waals surface area contributed by atoms with E-state index in [1.807, 2.05) is 35.0 Å². The van der Waals surface area contributed by atoms with E-state index in [2.05, 4.69) is 17.0 Å². The molecule has 1 aromatic carbocycles. The lowest BCUT2D eigenvalue weighted by molar-refractivity contribution is -0.134. The molecule has 2 aliphatic rings. The molecule has 0 radical (unpaired) electrons. The number of rotatable bonds is 5. The number of hydrogen-bond donors (Lipinski definition) is 0. The minimum absolute atomic E-state index is 0.0201. The van der Waals surface area contributed by atoms with Crippen LogP contribution < -0.4 is 0 Å². The van der Waals surface area contributed by atoms with Gasteiger partial charge in [-0.15, -0.1) is 0 Å². The molecular weight excluding hydrogens is 338 g/mol. The van der Waals surface area contributed by atoms with Gasteiger partial charge in [-0.05, 0) is 19.0 Å². The smallest absolute Gasteiger partial charge is 0.236 e. The van der Waals surface area contributed by atoms with Gasteiger partial charge in [-0.25, -0.2) is 8.42 Å². The second-order valence-electron chi connectivity index (χ2n) is 7.11. The fourth-order valence-corrected chi connectivity index (χ4v) is 5.37. The van der Waals surface area contributed by atoms with E-state index in [4.69, 9.17) is 0 Å². The number of carbonyl (C=O) groups excluding carboxylic acids is 1. The zero-order valence-corrected chi connectivity index (χ0v) is 15.6. The maximum atomic E-state index is 12.5. The van der Waals surface area contributed by atoms with Crippen molar-refractivity contribution in [1.29, 1.82) is 0 Å². The number of benzene rings is 1. The predicted octanol–water partition coefficient (Wildman–Crippen LogP) is 0.450. The lowest BCUT2D eigenvalue weighted by Gasteiger charge is -2.36. The summed E-state index contributed by atoms with van der Waals surface area (Å²) in [6.07, 6.45) is 0.636. The third kappa shape index (κ3) is 5.03. The maximum Gasteiger partial charge on any atom is 0.236 e. The van der Waals surface area contributed by atoms with Crippen LogP contribution in [0.15, 0.2) is 30.3 Å². The van der Waals surface area contributed by atoms with Gasteiger partial charge in [0.2, 0.25) is 5.91 Å². The number of nitrogens with zero attached hydrogens (tertiary/aromatic N) is 3. The first-order valence-corrected chi connectivity index (χ1v) is 10.7. The molecule has 0 aromatic heterocycles. The zero-order chi connectivity index (χ0) is 17.9. The fraction of sp³-hybridized carbons (Fsp3) is 0.611. The van der Waals surface area contributed by atoms with Crippen molar-refractivity contribution in [2.24, 2.45) is 0 Å². The highest BCUT2D eigenvalue weighted by molar-refractivity contribution is 7.91. The van der Waals surface area contributed by atoms with Crippen LogP contribution in [-0.2, 0) is 21.2 Å². The van der Waals surface area contributed by atoms with Crippen molar-refractivity contribution >= 4 is 15.7 Å². The third-order valence-electron chi connectivity index (χ3n) is 5.19. The van der Waals surface area contributed by atoms with Gasteiger partial charge in [-0.1, -0.05) is 30.3 Å². The summed E-state index contributed by atoms with van der Waals surface area (Å²) in [6, 6.07) is 10.4. The molecule has 0 saturated carbocycles. The summed E-state index contributed by atoms with van der Waals surface area (Å²) in [6.45, 7) is 4.46. The number of carbonyl (C=O) groups is 1. The molecule has 7 heteroatoms. The second-order valence-corrected chi connectivity index (χ2v) is 9.34. The number of amides is 1. The first-order valence-electron chi connectivity index (χ1n) is 8.88. The van der Waals surface area contributed by atoms with Crippen LogP contribution >= 0.6 is 0 Å². The Hall–Kier alpha value is -1.44. The molecule has 2 saturated heterocycles. The summed E-state index contributed by atoms with van der Waals surface area (Å²) in [5, 5.41) is 0. The number of piperazine rings is 1. The predicted molar refractivity (Wildman–Crippen MR) is 98.0 cm³/mol. The molecule has 1 atom stereocenters. The molecule has 0 bridgehead atoms. The topological polar surface area (TPSA) is 60.9 Å². The van der Waals surface area contributed by atoms with Gasteiger partial charge in [0.15, 0.2) is 9.84 Å². The Balaban J connectivity index is 1.44. The Labute approximate surface area is 150 Å². The molecule has 2 heterocycles. The van der Waals surface area contributed by atoms with Crippen molar-refractivity contribution < 1.29 is 13.2 Å². The summed E-state index contributed by atoms with van der Waals surface area (Å²) in [7, 11) is -1.06. The summed E-state index contributed by atoms with van der Waals surface area (Å²) in [5.74, 6) is 0.530. The highest BCUT2D eigenvalue weighted by Crippen LogP contribution is 2.17. The van der Waals surface area contributed by atoms with Crippen LogP contribution in [0.2, 0.25) is 0 Å². The van der Waals surface area contributed by atoms with Gasteiger partial charge in [0.1, 0.15) is 0 Å². The van der Waals surface area contributed by atoms with Crippen LogP contribution in [0.1, 0.15) is 12.0 Å². The summed E-state index contributed by atoms with van der Waals surface area (Å²) in [5.41, 5.74) is 1.30. The fourth-order valence-electron chi connectivity index (χ4n) is 3.56. The van der Waals surface area contributed by atoms with Crippen molar-refractivity contribution in [3.05, 3.63) is 35.9 Å². The van der Waals surface area contributed by atoms with Gasteiger partial charge in [0.25, 0.3) is 0 Å². The van der Waals surface area contributed by atoms with Crippen molar-refractivity contribution in [1.82, 2.24) is 14.7 Å². The van der Waals surface area contributed by atoms with Gasteiger partial charge in [0, 0.05) is 38.8 Å². The second kappa shape index (κ2) is 7.85. The molecular formula is C18H27N3O3S. The van der Waals surface area contributed by atoms with Crippen LogP contribution in [-0.4, -0.2) is 86.3 Å². The monoisotopic (exact) mass is 365 g/mol. The number of likely N-dealkylation sites (N-methyl/N-ethyl adjacent to an activating group) is 1. The summed E-state index contributed by atoms with van der Waals surface area (Å²) >= 11 is 0. The molecule has 1 unspecified atom stereocenters. The van der Waals surface area contributed by atoms with E-state index in [1.165, 1.54) is 5.56 Å². The van der Waals surface area contributed by atoms with E-state index in [0.29, 0.717) is 13.0 Å². The van der Waals surface area contributed by atoms with Gasteiger partial charge >= 0.3 is 0 Å². The minimum atomic E-state index is -2.91. The number of sulfone groups is 1. The molecule has 0 spiro atoms. The van der Waals surface area contributed by atoms with E-state index < -0.39 is 9.84 Å². The molecule has 2 fully saturated rings. The van der Waals surface area contributed by atoms with Gasteiger partial charge in [-0.2, -0.15) is 0 Å². The Bertz CT molecular complexity index is 685. The van der Waals surface area contributed by atoms with E-state index in [9.17, 15) is 13.2 Å². The molecule has 6 nitrogen and oxygen atoms in total. The largest absolute Gasteiger partial charge is 0.339 e. The molecule has 0 N–H and O–H groups in total. The van der Waals surface area contributed by atoms with Crippen LogP contribution in [0.4, 0.5) is 0 Å². The van der Waals surface area contributed by atoms with Crippen LogP contribution in [0, 0.1) is 0 Å². The first-order chi connectivity index (χ1) is 11.9. The summed E-state index contributed by atoms with van der Waals surface area (Å²) < 4.78 is 23.2. The zero-order valence-electron chi connectivity index (χ0n) is 14.8. The summed E-state index contributed by atoms with van der Waals surface area (Å²) in [4.78, 5) is 18.7. The molecule has 138 valence electrons. The lowest BCUT2D eigenvalue weighted by atomic mass is 10.2. The third-order valence-corrected chi connectivity index (χ3v) is 6.94. The Kier molecular flexibility index (Phi) is 5.76. The molecule has 2 aliphatic heterocycles. The van der Waals surface area contributed by atoms with Gasteiger partial charge in [-0.3, -0.25) is 14.6 Å². The van der Waals surface area contributed by atoms with Crippen LogP contribution in [0.25, 0.3) is 0 Å². The molecule has 1 amide bonds. The van der Waals surface area contributed by atoms with Crippen molar-refractivity contribution in [3.63, 3.8) is 0 Å². The van der Waals surface area contributed by atoms with E-state index in [0.717, 1.165) is 32.7 Å². The van der Waals surface area contributed by atoms with E-state index in [-0.39, 0.29) is 23.5 Å². The minimum Gasteiger partial charge on any atom is -0.339 e. The molecule has 0 aliphatic carbocycles. The average molecular weight is 365 g/mol. The van der Waals surface area contributed by atoms with E-state index >= 15 is 0 Å². The SMILES string of the molecule is CN(CC(=O)N1CCN(Cc2ccccc2)CC1)C1CCS(=O)(=O)C1. The molecule has 25 heavy (non-hydrogen) atoms. The van der Waals surface area contributed by atoms with Crippen LogP contribution in [0.5, 0.6) is 0 Å². The standard InChI is InChI=1S/C18H27N3O3S/c1-19(17-7-12-25(23,24)15-17)14-18(22)21-10-8-20(9-11-21)13-16-5-3-2-4-6-16/h2-6,17H,7-15H2,1H3. The Morgan fingerprint density at radius 1 is 1.16 bits per heavy atom. The Morgan fingerprint density at radius 3 is 2.44 bits per heavy atom. The lowest BCUT2D eigenvalue weighted by Crippen LogP contribution is -2.51. The quantitative estimate of drug-likeness (QED) is 0.758. The first kappa shape index (κ1) is 18.4. The van der Waals surface area contributed by atoms with E-state index in [1.54, 1.807) is 0 Å². The Morgan fingerprint density at radius 2 is 1.84 bits per heavy atom. The molecule has 1 aromatic rings. The van der Waals surface area contributed by atoms with Crippen molar-refractivity contribution in [2.75, 3.05) is 51.3 Å². The average Bonchev–Trinajstić information content (AvgIpc) is 2.96. The highest BCUT2D eigenvalue weighted by Gasteiger charge is 2.32. The van der Waals surface area contributed by atoms with Gasteiger partial charge < -0.3 is 4.90 Å². The maximum absolute atomic E-state index is 12.5. The highest BCUT2D eigenvalue weighted by atomic mass is 32.2. The van der Waals surface area contributed by atoms with Crippen molar-refractivity contribution in [2.45, 2.75) is 19.0 Å².